The number of rotatable bonds is 11. The zero-order valence-corrected chi connectivity index (χ0v) is 18.8. The Hall–Kier alpha value is -1.60. The molecule has 29 heavy (non-hydrogen) atoms. The van der Waals surface area contributed by atoms with E-state index in [1.54, 1.807) is 12.1 Å². The molecule has 0 heterocycles. The second-order valence-electron chi connectivity index (χ2n) is 8.50. The highest BCUT2D eigenvalue weighted by atomic mass is 32.2. The molecule has 7 heteroatoms. The number of benzene rings is 1. The maximum atomic E-state index is 12.9. The van der Waals surface area contributed by atoms with Crippen molar-refractivity contribution in [3.8, 4) is 5.75 Å². The number of hydrogen-bond donors (Lipinski definition) is 1. The molecule has 0 atom stereocenters. The van der Waals surface area contributed by atoms with E-state index in [1.165, 1.54) is 36.1 Å². The minimum atomic E-state index is -3.61. The monoisotopic (exact) mass is 422 g/mol. The van der Waals surface area contributed by atoms with Crippen LogP contribution in [0.25, 0.3) is 0 Å². The molecule has 0 spiro atoms. The predicted octanol–water partition coefficient (Wildman–Crippen LogP) is 4.27. The maximum Gasteiger partial charge on any atom is 0.243 e. The lowest BCUT2D eigenvalue weighted by molar-refractivity contribution is -0.117. The first-order valence-electron chi connectivity index (χ1n) is 10.9. The summed E-state index contributed by atoms with van der Waals surface area (Å²) in [4.78, 5) is 13.0. The number of ether oxygens (including phenoxy) is 1. The van der Waals surface area contributed by atoms with Crippen LogP contribution in [-0.4, -0.2) is 37.8 Å². The standard InChI is InChI=1S/C22H34N2O4S/c1-5-24(6-2)29(26,27)18-11-12-21(28-15(3)4)20(13-18)23-22(25)14-19(16-7-8-16)17-9-10-17/h11-13,15-17,19H,5-10,14H2,1-4H3,(H,23,25). The first-order valence-corrected chi connectivity index (χ1v) is 12.3. The molecule has 1 N–H and O–H groups in total. The van der Waals surface area contributed by atoms with Gasteiger partial charge in [-0.1, -0.05) is 13.8 Å². The summed E-state index contributed by atoms with van der Waals surface area (Å²) in [7, 11) is -3.61. The second kappa shape index (κ2) is 9.04. The summed E-state index contributed by atoms with van der Waals surface area (Å²) in [5, 5.41) is 2.95. The Kier molecular flexibility index (Phi) is 6.89. The molecule has 0 radical (unpaired) electrons. The molecule has 162 valence electrons. The van der Waals surface area contributed by atoms with Gasteiger partial charge in [0, 0.05) is 19.5 Å². The van der Waals surface area contributed by atoms with Crippen molar-refractivity contribution in [1.29, 1.82) is 0 Å². The molecule has 2 fully saturated rings. The largest absolute Gasteiger partial charge is 0.489 e. The minimum absolute atomic E-state index is 0.0557. The van der Waals surface area contributed by atoms with Crippen molar-refractivity contribution in [1.82, 2.24) is 4.31 Å². The summed E-state index contributed by atoms with van der Waals surface area (Å²) in [5.41, 5.74) is 0.433. The van der Waals surface area contributed by atoms with Crippen molar-refractivity contribution in [2.45, 2.75) is 70.8 Å². The predicted molar refractivity (Wildman–Crippen MR) is 114 cm³/mol. The van der Waals surface area contributed by atoms with Crippen molar-refractivity contribution in [2.75, 3.05) is 18.4 Å². The van der Waals surface area contributed by atoms with Gasteiger partial charge in [-0.05, 0) is 75.5 Å². The quantitative estimate of drug-likeness (QED) is 0.578. The van der Waals surface area contributed by atoms with Crippen LogP contribution in [0.5, 0.6) is 5.75 Å². The summed E-state index contributed by atoms with van der Waals surface area (Å²) < 4.78 is 33.1. The van der Waals surface area contributed by atoms with Crippen molar-refractivity contribution in [2.24, 2.45) is 17.8 Å². The first kappa shape index (κ1) is 22.1. The van der Waals surface area contributed by atoms with Gasteiger partial charge in [0.15, 0.2) is 0 Å². The van der Waals surface area contributed by atoms with E-state index in [4.69, 9.17) is 4.74 Å². The molecule has 2 saturated carbocycles. The first-order chi connectivity index (χ1) is 13.8. The number of carbonyl (C=O) groups excluding carboxylic acids is 1. The lowest BCUT2D eigenvalue weighted by Gasteiger charge is -2.21. The molecule has 3 rings (SSSR count). The molecule has 2 aliphatic rings. The van der Waals surface area contributed by atoms with Crippen LogP contribution in [0.1, 0.15) is 59.8 Å². The molecule has 1 amide bonds. The van der Waals surface area contributed by atoms with Crippen molar-refractivity contribution in [3.63, 3.8) is 0 Å². The Labute approximate surface area is 175 Å². The third-order valence-corrected chi connectivity index (χ3v) is 7.85. The maximum absolute atomic E-state index is 12.9. The lowest BCUT2D eigenvalue weighted by atomic mass is 9.94. The zero-order chi connectivity index (χ0) is 21.2. The van der Waals surface area contributed by atoms with Gasteiger partial charge in [-0.2, -0.15) is 4.31 Å². The number of carbonyl (C=O) groups is 1. The van der Waals surface area contributed by atoms with E-state index in [-0.39, 0.29) is 16.9 Å². The van der Waals surface area contributed by atoms with Gasteiger partial charge in [0.1, 0.15) is 5.75 Å². The average Bonchev–Trinajstić information content (AvgIpc) is 3.55. The average molecular weight is 423 g/mol. The highest BCUT2D eigenvalue weighted by Gasteiger charge is 2.42. The fourth-order valence-corrected chi connectivity index (χ4v) is 5.50. The highest BCUT2D eigenvalue weighted by molar-refractivity contribution is 7.89. The Morgan fingerprint density at radius 3 is 2.21 bits per heavy atom. The highest BCUT2D eigenvalue weighted by Crippen LogP contribution is 2.50. The minimum Gasteiger partial charge on any atom is -0.489 e. The van der Waals surface area contributed by atoms with Crippen LogP contribution < -0.4 is 10.1 Å². The molecular formula is C22H34N2O4S. The topological polar surface area (TPSA) is 75.7 Å². The molecule has 0 aliphatic heterocycles. The van der Waals surface area contributed by atoms with E-state index in [1.807, 2.05) is 27.7 Å². The van der Waals surface area contributed by atoms with Gasteiger partial charge in [-0.15, -0.1) is 0 Å². The third-order valence-electron chi connectivity index (χ3n) is 5.81. The Bertz CT molecular complexity index is 813. The van der Waals surface area contributed by atoms with E-state index in [2.05, 4.69) is 5.32 Å². The van der Waals surface area contributed by atoms with Crippen molar-refractivity contribution < 1.29 is 17.9 Å². The van der Waals surface area contributed by atoms with E-state index in [9.17, 15) is 13.2 Å². The van der Waals surface area contributed by atoms with Crippen LogP contribution in [0.2, 0.25) is 0 Å². The van der Waals surface area contributed by atoms with Gasteiger partial charge >= 0.3 is 0 Å². The van der Waals surface area contributed by atoms with Crippen LogP contribution in [0, 0.1) is 17.8 Å². The number of nitrogens with one attached hydrogen (secondary N) is 1. The van der Waals surface area contributed by atoms with Gasteiger partial charge in [0.25, 0.3) is 0 Å². The zero-order valence-electron chi connectivity index (χ0n) is 18.0. The summed E-state index contributed by atoms with van der Waals surface area (Å²) in [6.45, 7) is 8.24. The number of sulfonamides is 1. The molecule has 0 aromatic heterocycles. The van der Waals surface area contributed by atoms with Crippen LogP contribution in [-0.2, 0) is 14.8 Å². The molecule has 0 saturated heterocycles. The smallest absolute Gasteiger partial charge is 0.243 e. The normalized spacial score (nSPS) is 17.2. The third kappa shape index (κ3) is 5.51. The molecule has 0 bridgehead atoms. The lowest BCUT2D eigenvalue weighted by Crippen LogP contribution is -2.30. The number of hydrogen-bond acceptors (Lipinski definition) is 4. The van der Waals surface area contributed by atoms with Gasteiger partial charge in [-0.25, -0.2) is 8.42 Å². The van der Waals surface area contributed by atoms with Crippen LogP contribution in [0.4, 0.5) is 5.69 Å². The van der Waals surface area contributed by atoms with Crippen molar-refractivity contribution >= 4 is 21.6 Å². The molecule has 2 aliphatic carbocycles. The van der Waals surface area contributed by atoms with E-state index >= 15 is 0 Å². The Morgan fingerprint density at radius 1 is 1.14 bits per heavy atom. The van der Waals surface area contributed by atoms with E-state index in [0.29, 0.717) is 48.7 Å². The molecule has 1 aromatic rings. The fourth-order valence-electron chi connectivity index (χ4n) is 4.02. The summed E-state index contributed by atoms with van der Waals surface area (Å²) in [6.07, 6.45) is 5.34. The molecular weight excluding hydrogens is 388 g/mol. The SMILES string of the molecule is CCN(CC)S(=O)(=O)c1ccc(OC(C)C)c(NC(=O)CC(C2CC2)C2CC2)c1. The van der Waals surface area contributed by atoms with Crippen molar-refractivity contribution in [3.05, 3.63) is 18.2 Å². The number of nitrogens with zero attached hydrogens (tertiary/aromatic N) is 1. The molecule has 6 nitrogen and oxygen atoms in total. The summed E-state index contributed by atoms with van der Waals surface area (Å²) in [5.74, 6) is 2.29. The van der Waals surface area contributed by atoms with E-state index in [0.717, 1.165) is 0 Å². The van der Waals surface area contributed by atoms with Gasteiger partial charge in [-0.3, -0.25) is 4.79 Å². The number of amides is 1. The molecule has 0 unspecified atom stereocenters. The van der Waals surface area contributed by atoms with Gasteiger partial charge in [0.2, 0.25) is 15.9 Å². The van der Waals surface area contributed by atoms with E-state index < -0.39 is 10.0 Å². The summed E-state index contributed by atoms with van der Waals surface area (Å²) in [6, 6.07) is 4.73. The molecule has 1 aromatic carbocycles. The Balaban J connectivity index is 1.82. The van der Waals surface area contributed by atoms with Gasteiger partial charge in [0.05, 0.1) is 16.7 Å². The van der Waals surface area contributed by atoms with Gasteiger partial charge < -0.3 is 10.1 Å². The van der Waals surface area contributed by atoms with Crippen LogP contribution >= 0.6 is 0 Å². The summed E-state index contributed by atoms with van der Waals surface area (Å²) >= 11 is 0. The Morgan fingerprint density at radius 2 is 1.72 bits per heavy atom. The van der Waals surface area contributed by atoms with Crippen LogP contribution in [0.3, 0.4) is 0 Å². The second-order valence-corrected chi connectivity index (χ2v) is 10.4. The fraction of sp³-hybridized carbons (Fsp3) is 0.682. The van der Waals surface area contributed by atoms with Crippen LogP contribution in [0.15, 0.2) is 23.1 Å². The number of anilines is 1.